The van der Waals surface area contributed by atoms with Crippen LogP contribution in [0.5, 0.6) is 0 Å². The van der Waals surface area contributed by atoms with Crippen molar-refractivity contribution in [1.82, 2.24) is 14.3 Å². The van der Waals surface area contributed by atoms with Crippen molar-refractivity contribution in [2.24, 2.45) is 11.8 Å². The molecule has 3 aromatic rings. The fourth-order valence-corrected chi connectivity index (χ4v) is 6.84. The Morgan fingerprint density at radius 1 is 1.07 bits per heavy atom. The van der Waals surface area contributed by atoms with E-state index in [1.165, 1.54) is 17.4 Å². The summed E-state index contributed by atoms with van der Waals surface area (Å²) in [4.78, 5) is 10.7. The van der Waals surface area contributed by atoms with Crippen LogP contribution in [0.4, 0.5) is 10.2 Å². The predicted molar refractivity (Wildman–Crippen MR) is 111 cm³/mol. The normalized spacial score (nSPS) is 23.3. The van der Waals surface area contributed by atoms with Crippen LogP contribution < -0.4 is 4.90 Å². The zero-order valence-electron chi connectivity index (χ0n) is 15.7. The summed E-state index contributed by atoms with van der Waals surface area (Å²) in [5.41, 5.74) is 2.55. The van der Waals surface area contributed by atoms with Crippen molar-refractivity contribution >= 4 is 37.4 Å². The molecule has 2 atom stereocenters. The van der Waals surface area contributed by atoms with Gasteiger partial charge in [-0.3, -0.25) is 0 Å². The van der Waals surface area contributed by atoms with Gasteiger partial charge in [-0.25, -0.2) is 22.8 Å². The maximum Gasteiger partial charge on any atom is 0.243 e. The highest BCUT2D eigenvalue weighted by Crippen LogP contribution is 2.36. The van der Waals surface area contributed by atoms with Gasteiger partial charge in [0.15, 0.2) is 11.6 Å². The van der Waals surface area contributed by atoms with Gasteiger partial charge in [-0.2, -0.15) is 4.31 Å². The Labute approximate surface area is 173 Å². The molecule has 0 N–H and O–H groups in total. The highest BCUT2D eigenvalue weighted by Gasteiger charge is 2.40. The molecular formula is C20H21FN4O2S2. The lowest BCUT2D eigenvalue weighted by Crippen LogP contribution is -2.31. The van der Waals surface area contributed by atoms with E-state index in [1.807, 2.05) is 4.90 Å². The summed E-state index contributed by atoms with van der Waals surface area (Å²) in [7, 11) is -3.52. The van der Waals surface area contributed by atoms with Crippen LogP contribution in [-0.2, 0) is 10.0 Å². The summed E-state index contributed by atoms with van der Waals surface area (Å²) in [6, 6.07) is 8.17. The van der Waals surface area contributed by atoms with Crippen LogP contribution in [0, 0.1) is 17.7 Å². The fourth-order valence-electron chi connectivity index (χ4n) is 4.47. The Kier molecular flexibility index (Phi) is 4.76. The number of nitrogens with zero attached hydrogens (tertiary/aromatic N) is 4. The summed E-state index contributed by atoms with van der Waals surface area (Å²) in [6.45, 7) is 2.42. The van der Waals surface area contributed by atoms with Crippen molar-refractivity contribution in [3.8, 4) is 0 Å². The Morgan fingerprint density at radius 3 is 2.55 bits per heavy atom. The van der Waals surface area contributed by atoms with Crippen LogP contribution >= 0.6 is 11.3 Å². The molecule has 0 amide bonds. The van der Waals surface area contributed by atoms with Gasteiger partial charge in [-0.05, 0) is 55.0 Å². The first-order valence-corrected chi connectivity index (χ1v) is 12.0. The van der Waals surface area contributed by atoms with Crippen molar-refractivity contribution < 1.29 is 12.8 Å². The summed E-state index contributed by atoms with van der Waals surface area (Å²) in [5, 5.41) is 0. The van der Waals surface area contributed by atoms with Crippen LogP contribution in [0.3, 0.4) is 0 Å². The number of sulfonamides is 1. The van der Waals surface area contributed by atoms with Crippen molar-refractivity contribution in [1.29, 1.82) is 0 Å². The van der Waals surface area contributed by atoms with Crippen molar-refractivity contribution in [2.45, 2.75) is 17.7 Å². The summed E-state index contributed by atoms with van der Waals surface area (Å²) >= 11 is 1.45. The Morgan fingerprint density at radius 2 is 1.83 bits per heavy atom. The third kappa shape index (κ3) is 3.41. The minimum atomic E-state index is -3.52. The number of benzene rings is 1. The number of thiazole rings is 1. The molecule has 0 unspecified atom stereocenters. The van der Waals surface area contributed by atoms with Crippen LogP contribution in [0.2, 0.25) is 0 Å². The molecule has 0 spiro atoms. The molecule has 29 heavy (non-hydrogen) atoms. The van der Waals surface area contributed by atoms with Crippen molar-refractivity contribution in [2.75, 3.05) is 31.1 Å². The van der Waals surface area contributed by atoms with E-state index in [0.717, 1.165) is 23.1 Å². The number of halogens is 1. The van der Waals surface area contributed by atoms with Gasteiger partial charge in [0.1, 0.15) is 0 Å². The first kappa shape index (κ1) is 18.9. The molecule has 2 aliphatic heterocycles. The van der Waals surface area contributed by atoms with E-state index in [4.69, 9.17) is 0 Å². The summed E-state index contributed by atoms with van der Waals surface area (Å²) in [5.74, 6) is 0.666. The van der Waals surface area contributed by atoms with E-state index in [2.05, 4.69) is 9.97 Å². The molecule has 6 nitrogen and oxygen atoms in total. The molecule has 2 aromatic heterocycles. The molecule has 152 valence electrons. The first-order valence-electron chi connectivity index (χ1n) is 9.71. The maximum atomic E-state index is 14.1. The molecule has 9 heteroatoms. The molecule has 0 saturated carbocycles. The van der Waals surface area contributed by atoms with Gasteiger partial charge in [0.05, 0.1) is 20.6 Å². The third-order valence-corrected chi connectivity index (χ3v) is 8.68. The second-order valence-electron chi connectivity index (χ2n) is 7.70. The van der Waals surface area contributed by atoms with E-state index in [0.29, 0.717) is 36.9 Å². The number of hydrogen-bond donors (Lipinski definition) is 0. The lowest BCUT2D eigenvalue weighted by Gasteiger charge is -2.23. The second kappa shape index (κ2) is 7.30. The quantitative estimate of drug-likeness (QED) is 0.635. The summed E-state index contributed by atoms with van der Waals surface area (Å²) < 4.78 is 43.0. The van der Waals surface area contributed by atoms with Crippen LogP contribution in [0.1, 0.15) is 12.8 Å². The number of rotatable bonds is 3. The number of aromatic nitrogens is 2. The average Bonchev–Trinajstić information content (AvgIpc) is 3.31. The Bertz CT molecular complexity index is 1130. The van der Waals surface area contributed by atoms with Gasteiger partial charge in [0.2, 0.25) is 10.0 Å². The minimum Gasteiger partial charge on any atom is -0.354 e. The molecule has 4 heterocycles. The van der Waals surface area contributed by atoms with Crippen molar-refractivity contribution in [3.63, 3.8) is 0 Å². The van der Waals surface area contributed by atoms with Gasteiger partial charge in [-0.15, -0.1) is 11.3 Å². The lowest BCUT2D eigenvalue weighted by molar-refractivity contribution is 0.409. The SMILES string of the molecule is O=S(=O)(c1ccc2ncsc2c1)N1C[C@H]2CCN(c3ncccc3F)CC[C@H]2C1. The van der Waals surface area contributed by atoms with Gasteiger partial charge in [0, 0.05) is 32.4 Å². The Hall–Kier alpha value is -2.10. The minimum absolute atomic E-state index is 0.286. The highest BCUT2D eigenvalue weighted by molar-refractivity contribution is 7.89. The molecule has 2 fully saturated rings. The van der Waals surface area contributed by atoms with Crippen LogP contribution in [-0.4, -0.2) is 48.9 Å². The van der Waals surface area contributed by atoms with Crippen molar-refractivity contribution in [3.05, 3.63) is 47.9 Å². The molecule has 0 aliphatic carbocycles. The van der Waals surface area contributed by atoms with E-state index in [9.17, 15) is 12.8 Å². The van der Waals surface area contributed by atoms with E-state index < -0.39 is 10.0 Å². The number of hydrogen-bond acceptors (Lipinski definition) is 6. The molecule has 2 saturated heterocycles. The second-order valence-corrected chi connectivity index (χ2v) is 10.5. The fraction of sp³-hybridized carbons (Fsp3) is 0.400. The van der Waals surface area contributed by atoms with E-state index in [1.54, 1.807) is 40.3 Å². The molecule has 2 aliphatic rings. The van der Waals surface area contributed by atoms with Gasteiger partial charge in [0.25, 0.3) is 0 Å². The molecule has 1 aromatic carbocycles. The molecule has 5 rings (SSSR count). The van der Waals surface area contributed by atoms with E-state index >= 15 is 0 Å². The van der Waals surface area contributed by atoms with E-state index in [-0.39, 0.29) is 17.7 Å². The summed E-state index contributed by atoms with van der Waals surface area (Å²) in [6.07, 6.45) is 3.28. The standard InChI is InChI=1S/C20H21FN4O2S2/c21-17-2-1-7-22-20(17)24-8-5-14-11-25(12-15(14)6-9-24)29(26,27)16-3-4-18-19(10-16)28-13-23-18/h1-4,7,10,13-15H,5-6,8-9,11-12H2/t14-,15+. The maximum absolute atomic E-state index is 14.1. The smallest absolute Gasteiger partial charge is 0.243 e. The van der Waals surface area contributed by atoms with Crippen LogP contribution in [0.25, 0.3) is 10.2 Å². The highest BCUT2D eigenvalue weighted by atomic mass is 32.2. The topological polar surface area (TPSA) is 66.4 Å². The Balaban J connectivity index is 1.32. The third-order valence-electron chi connectivity index (χ3n) is 6.06. The largest absolute Gasteiger partial charge is 0.354 e. The predicted octanol–water partition coefficient (Wildman–Crippen LogP) is 3.37. The molecular weight excluding hydrogens is 411 g/mol. The van der Waals surface area contributed by atoms with Crippen LogP contribution in [0.15, 0.2) is 46.9 Å². The molecule has 0 bridgehead atoms. The first-order chi connectivity index (χ1) is 14.0. The monoisotopic (exact) mass is 432 g/mol. The molecule has 0 radical (unpaired) electrons. The number of pyridine rings is 1. The zero-order chi connectivity index (χ0) is 20.0. The van der Waals surface area contributed by atoms with Gasteiger partial charge in [-0.1, -0.05) is 0 Å². The number of fused-ring (bicyclic) bond motifs is 2. The average molecular weight is 433 g/mol. The number of anilines is 1. The zero-order valence-corrected chi connectivity index (χ0v) is 17.4. The van der Waals surface area contributed by atoms with Gasteiger partial charge < -0.3 is 4.90 Å². The van der Waals surface area contributed by atoms with Gasteiger partial charge >= 0.3 is 0 Å². The lowest BCUT2D eigenvalue weighted by atomic mass is 9.92.